The zero-order valence-corrected chi connectivity index (χ0v) is 18.0. The van der Waals surface area contributed by atoms with Crippen molar-refractivity contribution in [3.05, 3.63) is 0 Å². The molecule has 0 saturated heterocycles. The predicted molar refractivity (Wildman–Crippen MR) is 125 cm³/mol. The van der Waals surface area contributed by atoms with Gasteiger partial charge in [0.05, 0.1) is 6.61 Å². The monoisotopic (exact) mass is 447 g/mol. The fraction of sp³-hybridized carbons (Fsp3) is 0.864. The average molecular weight is 448 g/mol. The molecule has 8 heteroatoms. The van der Waals surface area contributed by atoms with E-state index in [4.69, 9.17) is 15.2 Å². The number of hydrogen-bond acceptors (Lipinski definition) is 6. The molecule has 30 heavy (non-hydrogen) atoms. The Bertz CT molecular complexity index is 436. The molecule has 1 atom stereocenters. The second-order valence-corrected chi connectivity index (χ2v) is 7.44. The molecular weight excluding hydrogens is 404 g/mol. The van der Waals surface area contributed by atoms with E-state index in [0.29, 0.717) is 6.61 Å². The van der Waals surface area contributed by atoms with Crippen LogP contribution in [0, 0.1) is 0 Å². The fourth-order valence-electron chi connectivity index (χ4n) is 2.82. The number of hydrogen-bond donors (Lipinski definition) is 1. The molecule has 0 rings (SSSR count). The minimum atomic E-state index is -0.977. The van der Waals surface area contributed by atoms with E-state index in [9.17, 15) is 14.4 Å². The van der Waals surface area contributed by atoms with E-state index in [2.05, 4.69) is 13.8 Å². The third kappa shape index (κ3) is 23.2. The quantitative estimate of drug-likeness (QED) is 0.149. The summed E-state index contributed by atoms with van der Waals surface area (Å²) >= 11 is 0. The van der Waals surface area contributed by atoms with E-state index in [1.165, 1.54) is 38.5 Å². The van der Waals surface area contributed by atoms with Crippen molar-refractivity contribution in [2.75, 3.05) is 6.61 Å². The summed E-state index contributed by atoms with van der Waals surface area (Å²) in [6.45, 7) is 4.67. The van der Waals surface area contributed by atoms with Crippen molar-refractivity contribution >= 4 is 77.0 Å². The molecule has 0 heterocycles. The third-order valence-electron chi connectivity index (χ3n) is 4.67. The van der Waals surface area contributed by atoms with Gasteiger partial charge < -0.3 is 15.2 Å². The van der Waals surface area contributed by atoms with Crippen molar-refractivity contribution in [3.63, 3.8) is 0 Å². The third-order valence-corrected chi connectivity index (χ3v) is 4.67. The molecule has 0 radical (unpaired) electrons. The van der Waals surface area contributed by atoms with Crippen LogP contribution >= 0.6 is 0 Å². The van der Waals surface area contributed by atoms with E-state index < -0.39 is 18.0 Å². The van der Waals surface area contributed by atoms with Gasteiger partial charge >= 0.3 is 77.0 Å². The zero-order valence-electron chi connectivity index (χ0n) is 18.0. The second-order valence-electron chi connectivity index (χ2n) is 7.44. The normalized spacial score (nSPS) is 11.0. The molecule has 6 nitrogen and oxygen atoms in total. The molecule has 0 unspecified atom stereocenters. The first-order chi connectivity index (χ1) is 13.5. The summed E-state index contributed by atoms with van der Waals surface area (Å²) in [5.74, 6) is -1.68. The van der Waals surface area contributed by atoms with Crippen LogP contribution in [0.4, 0.5) is 0 Å². The summed E-state index contributed by atoms with van der Waals surface area (Å²) in [5, 5.41) is 0. The Morgan fingerprint density at radius 2 is 1.20 bits per heavy atom. The van der Waals surface area contributed by atoms with Gasteiger partial charge in [-0.25, -0.2) is 4.79 Å². The van der Waals surface area contributed by atoms with Gasteiger partial charge in [-0.15, -0.1) is 0 Å². The van der Waals surface area contributed by atoms with Gasteiger partial charge in [0.2, 0.25) is 0 Å². The van der Waals surface area contributed by atoms with Crippen LogP contribution in [0.25, 0.3) is 0 Å². The van der Waals surface area contributed by atoms with Crippen LogP contribution in [0.2, 0.25) is 0 Å². The van der Waals surface area contributed by atoms with Crippen molar-refractivity contribution in [2.45, 2.75) is 116 Å². The van der Waals surface area contributed by atoms with Gasteiger partial charge in [0.15, 0.2) is 0 Å². The number of unbranched alkanes of at least 4 members (excludes halogenated alkanes) is 10. The van der Waals surface area contributed by atoms with Gasteiger partial charge in [-0.05, 0) is 19.3 Å². The van der Waals surface area contributed by atoms with E-state index >= 15 is 0 Å². The number of carbonyl (C=O) groups excluding carboxylic acids is 3. The van der Waals surface area contributed by atoms with Gasteiger partial charge in [-0.2, -0.15) is 0 Å². The molecule has 0 aromatic heterocycles. The summed E-state index contributed by atoms with van der Waals surface area (Å²) in [7, 11) is 0. The van der Waals surface area contributed by atoms with E-state index in [-0.39, 0.29) is 84.3 Å². The van der Waals surface area contributed by atoms with E-state index in [0.717, 1.165) is 38.5 Å². The summed E-state index contributed by atoms with van der Waals surface area (Å²) in [6, 6.07) is -0.977. The summed E-state index contributed by atoms with van der Waals surface area (Å²) in [5.41, 5.74) is 5.70. The Kier molecular flexibility index (Phi) is 30.3. The van der Waals surface area contributed by atoms with Gasteiger partial charge in [-0.1, -0.05) is 78.1 Å². The van der Waals surface area contributed by atoms with Crippen molar-refractivity contribution < 1.29 is 23.9 Å². The minimum absolute atomic E-state index is 0. The molecule has 0 spiro atoms. The van der Waals surface area contributed by atoms with E-state index in [1.54, 1.807) is 0 Å². The number of ether oxygens (including phenoxy) is 2. The molecule has 0 aliphatic heterocycles. The molecule has 0 aliphatic rings. The SMILES string of the molecule is CCCCCCCCCCCC(=O)OC(=O)[C@@H](N)CCC(=O)OCCCCC.[NaH].[NaH]. The summed E-state index contributed by atoms with van der Waals surface area (Å²) < 4.78 is 9.83. The van der Waals surface area contributed by atoms with Crippen molar-refractivity contribution in [1.29, 1.82) is 0 Å². The molecular formula is C22H43NNa2O5. The topological polar surface area (TPSA) is 95.7 Å². The number of rotatable bonds is 18. The van der Waals surface area contributed by atoms with Gasteiger partial charge in [0.25, 0.3) is 0 Å². The molecule has 0 aromatic carbocycles. The Hall–Kier alpha value is 0.570. The molecule has 2 N–H and O–H groups in total. The molecule has 0 bridgehead atoms. The molecule has 168 valence electrons. The Morgan fingerprint density at radius 1 is 0.700 bits per heavy atom. The van der Waals surface area contributed by atoms with Gasteiger partial charge in [0, 0.05) is 12.8 Å². The summed E-state index contributed by atoms with van der Waals surface area (Å²) in [4.78, 5) is 35.1. The molecule has 0 saturated carbocycles. The zero-order chi connectivity index (χ0) is 21.0. The first-order valence-corrected chi connectivity index (χ1v) is 11.2. The predicted octanol–water partition coefficient (Wildman–Crippen LogP) is 3.52. The van der Waals surface area contributed by atoms with Crippen LogP contribution in [0.3, 0.4) is 0 Å². The van der Waals surface area contributed by atoms with Crippen LogP contribution in [0.1, 0.15) is 110 Å². The fourth-order valence-corrected chi connectivity index (χ4v) is 2.82. The maximum absolute atomic E-state index is 11.8. The molecule has 0 fully saturated rings. The van der Waals surface area contributed by atoms with Crippen LogP contribution in [-0.2, 0) is 23.9 Å². The first kappa shape index (κ1) is 35.2. The Labute approximate surface area is 227 Å². The van der Waals surface area contributed by atoms with Gasteiger partial charge in [-0.3, -0.25) is 9.59 Å². The maximum atomic E-state index is 11.8. The van der Waals surface area contributed by atoms with Crippen molar-refractivity contribution in [2.24, 2.45) is 5.73 Å². The Morgan fingerprint density at radius 3 is 1.77 bits per heavy atom. The standard InChI is InChI=1S/C22H41NO5.2Na.2H/c1-3-5-7-8-9-10-11-12-13-15-21(25)28-22(26)19(23)16-17-20(24)27-18-14-6-4-2;;;;/h19H,3-18,23H2,1-2H3;;;;/t19-;;;;/m0..../s1. The van der Waals surface area contributed by atoms with Crippen LogP contribution < -0.4 is 5.73 Å². The number of esters is 3. The van der Waals surface area contributed by atoms with E-state index in [1.807, 2.05) is 0 Å². The van der Waals surface area contributed by atoms with Crippen LogP contribution in [0.5, 0.6) is 0 Å². The summed E-state index contributed by atoms with van der Waals surface area (Å²) in [6.07, 6.45) is 13.7. The van der Waals surface area contributed by atoms with Crippen LogP contribution in [0.15, 0.2) is 0 Å². The average Bonchev–Trinajstić information content (AvgIpc) is 2.68. The van der Waals surface area contributed by atoms with Gasteiger partial charge in [0.1, 0.15) is 6.04 Å². The Balaban J connectivity index is -0.00000364. The number of carbonyl (C=O) groups is 3. The first-order valence-electron chi connectivity index (χ1n) is 11.2. The van der Waals surface area contributed by atoms with Crippen molar-refractivity contribution in [1.82, 2.24) is 0 Å². The van der Waals surface area contributed by atoms with Crippen molar-refractivity contribution in [3.8, 4) is 0 Å². The molecule has 0 aromatic rings. The second kappa shape index (κ2) is 25.8. The number of nitrogens with two attached hydrogens (primary N) is 1. The molecule has 0 aliphatic carbocycles. The molecule has 0 amide bonds. The van der Waals surface area contributed by atoms with Crippen LogP contribution in [-0.4, -0.2) is 89.7 Å².